The van der Waals surface area contributed by atoms with Gasteiger partial charge in [0.25, 0.3) is 0 Å². The molecule has 6 atom stereocenters. The molecule has 12 heteroatoms. The lowest BCUT2D eigenvalue weighted by Crippen LogP contribution is -2.11. The molecular formula is C70H84O8P4. The molecule has 7 rings (SSSR count). The molecule has 0 fully saturated rings. The number of allylic oxidation sites excluding steroid dienone is 2. The minimum absolute atomic E-state index is 0.221. The fraction of sp³-hybridized carbons (Fsp3) is 0.286. The normalized spacial score (nSPS) is 11.2. The van der Waals surface area contributed by atoms with E-state index in [1.807, 2.05) is 104 Å². The molecule has 0 saturated heterocycles. The van der Waals surface area contributed by atoms with Gasteiger partial charge in [-0.25, -0.2) is 19.2 Å². The number of carbonyl (C=O) groups is 4. The van der Waals surface area contributed by atoms with E-state index in [0.717, 1.165) is 73.4 Å². The molecule has 0 aromatic heterocycles. The third-order valence-corrected chi connectivity index (χ3v) is 15.0. The van der Waals surface area contributed by atoms with Gasteiger partial charge in [-0.2, -0.15) is 0 Å². The van der Waals surface area contributed by atoms with E-state index < -0.39 is 11.9 Å². The third kappa shape index (κ3) is 26.2. The smallest absolute Gasteiger partial charge is 0.343 e. The van der Waals surface area contributed by atoms with Crippen LogP contribution < -0.4 is 14.2 Å². The molecule has 0 aliphatic rings. The molecule has 0 radical (unpaired) electrons. The van der Waals surface area contributed by atoms with Crippen LogP contribution in [0.3, 0.4) is 0 Å². The fourth-order valence-corrected chi connectivity index (χ4v) is 8.75. The van der Waals surface area contributed by atoms with Gasteiger partial charge in [0.05, 0.1) is 23.3 Å². The van der Waals surface area contributed by atoms with Gasteiger partial charge in [-0.1, -0.05) is 147 Å². The van der Waals surface area contributed by atoms with Gasteiger partial charge in [-0.3, -0.25) is 0 Å². The van der Waals surface area contributed by atoms with E-state index in [0.29, 0.717) is 57.9 Å². The Morgan fingerprint density at radius 3 is 1.43 bits per heavy atom. The highest BCUT2D eigenvalue weighted by atomic mass is 31.0. The summed E-state index contributed by atoms with van der Waals surface area (Å²) < 4.78 is 21.6. The number of aryl methyl sites for hydroxylation is 3. The Kier molecular flexibility index (Phi) is 31.3. The second-order valence-electron chi connectivity index (χ2n) is 20.5. The summed E-state index contributed by atoms with van der Waals surface area (Å²) >= 11 is 0. The quantitative estimate of drug-likeness (QED) is 0.0230. The van der Waals surface area contributed by atoms with Crippen molar-refractivity contribution in [2.45, 2.75) is 112 Å². The Bertz CT molecular complexity index is 3090. The number of ether oxygens (including phenoxy) is 4. The van der Waals surface area contributed by atoms with Crippen LogP contribution in [0.15, 0.2) is 182 Å². The molecule has 7 aromatic rings. The van der Waals surface area contributed by atoms with Crippen molar-refractivity contribution in [3.05, 3.63) is 248 Å². The summed E-state index contributed by atoms with van der Waals surface area (Å²) in [6.45, 7) is 17.2. The van der Waals surface area contributed by atoms with Crippen LogP contribution in [0.5, 0.6) is 17.2 Å². The predicted molar refractivity (Wildman–Crippen MR) is 353 cm³/mol. The Balaban J connectivity index is 0.000000253. The average Bonchev–Trinajstić information content (AvgIpc) is 3.49. The first-order chi connectivity index (χ1) is 39.4. The van der Waals surface area contributed by atoms with E-state index in [4.69, 9.17) is 18.9 Å². The summed E-state index contributed by atoms with van der Waals surface area (Å²) in [7, 11) is 10.7. The van der Waals surface area contributed by atoms with E-state index in [-0.39, 0.29) is 11.9 Å². The minimum Gasteiger partial charge on any atom is -0.462 e. The molecular weight excluding hydrogens is 1090 g/mol. The third-order valence-electron chi connectivity index (χ3n) is 13.2. The zero-order valence-electron chi connectivity index (χ0n) is 49.1. The lowest BCUT2D eigenvalue weighted by atomic mass is 9.99. The standard InChI is InChI=1S/C27H29O4P.C18H27O2P.C17H17O2P.C8H11P/c1-4-18(2)15-20-7-12-24(13-8-20)30-27(29)23-11-14-25(19(3)16-23)31-26(28)22-9-5-21(17-32)6-10-22;1-14(2)5-4-6-15(3)11-12-20-18(19)17-9-7-16(13-21)8-10-17;1-13-2-9-16(10-3-13)19-17(18)11-8-14-4-6-15(12-20)7-5-14;1-7-2-4-8(6-9)5-3-7/h5-14,16,18H,4,15,17,32H2,1-3H3;5,7-10,15H,4,6,11-13,21H2,1-3H3;2-11H,12,20H2,1H3;2-5H,6,9H2,1H3/b;;11-8+;. The van der Waals surface area contributed by atoms with Crippen molar-refractivity contribution < 1.29 is 38.1 Å². The summed E-state index contributed by atoms with van der Waals surface area (Å²) in [5, 5.41) is 0. The molecule has 0 heterocycles. The number of hydrogen-bond acceptors (Lipinski definition) is 8. The van der Waals surface area contributed by atoms with E-state index in [1.165, 1.54) is 39.5 Å². The zero-order valence-corrected chi connectivity index (χ0v) is 53.7. The summed E-state index contributed by atoms with van der Waals surface area (Å²) in [6, 6.07) is 51.4. The maximum absolute atomic E-state index is 12.6. The summed E-state index contributed by atoms with van der Waals surface area (Å²) in [5.74, 6) is 1.20. The van der Waals surface area contributed by atoms with Gasteiger partial charge in [0.15, 0.2) is 0 Å². The van der Waals surface area contributed by atoms with Gasteiger partial charge >= 0.3 is 23.9 Å². The lowest BCUT2D eigenvalue weighted by molar-refractivity contribution is -0.128. The van der Waals surface area contributed by atoms with Crippen molar-refractivity contribution in [2.75, 3.05) is 6.61 Å². The number of carbonyl (C=O) groups excluding carboxylic acids is 4. The van der Waals surface area contributed by atoms with Crippen LogP contribution in [0.1, 0.15) is 141 Å². The van der Waals surface area contributed by atoms with Crippen LogP contribution in [-0.4, -0.2) is 30.5 Å². The molecule has 0 N–H and O–H groups in total. The van der Waals surface area contributed by atoms with Gasteiger partial charge in [0, 0.05) is 6.08 Å². The monoisotopic (exact) mass is 1180 g/mol. The van der Waals surface area contributed by atoms with Crippen molar-refractivity contribution in [1.29, 1.82) is 0 Å². The Morgan fingerprint density at radius 1 is 0.488 bits per heavy atom. The first-order valence-electron chi connectivity index (χ1n) is 28.0. The number of esters is 4. The molecule has 82 heavy (non-hydrogen) atoms. The van der Waals surface area contributed by atoms with E-state index in [2.05, 4.69) is 109 Å². The number of rotatable bonds is 21. The fourth-order valence-electron chi connectivity index (χ4n) is 7.66. The highest BCUT2D eigenvalue weighted by molar-refractivity contribution is 7.16. The molecule has 0 spiro atoms. The van der Waals surface area contributed by atoms with Gasteiger partial charge in [0.1, 0.15) is 17.2 Å². The molecule has 432 valence electrons. The summed E-state index contributed by atoms with van der Waals surface area (Å²) in [6.07, 6.45) is 14.5. The Labute approximate surface area is 498 Å². The topological polar surface area (TPSA) is 105 Å². The highest BCUT2D eigenvalue weighted by Crippen LogP contribution is 2.24. The van der Waals surface area contributed by atoms with Gasteiger partial charge < -0.3 is 18.9 Å². The molecule has 6 unspecified atom stereocenters. The van der Waals surface area contributed by atoms with Crippen LogP contribution in [0.4, 0.5) is 0 Å². The first-order valence-corrected chi connectivity index (χ1v) is 31.2. The summed E-state index contributed by atoms with van der Waals surface area (Å²) in [5.41, 5.74) is 13.2. The van der Waals surface area contributed by atoms with Crippen molar-refractivity contribution in [2.24, 2.45) is 11.8 Å². The van der Waals surface area contributed by atoms with Crippen LogP contribution in [-0.2, 0) is 40.6 Å². The Hall–Kier alpha value is -6.38. The Morgan fingerprint density at radius 2 is 0.927 bits per heavy atom. The molecule has 7 aromatic carbocycles. The lowest BCUT2D eigenvalue weighted by Gasteiger charge is -2.11. The van der Waals surface area contributed by atoms with Crippen LogP contribution in [0, 0.1) is 32.6 Å². The summed E-state index contributed by atoms with van der Waals surface area (Å²) in [4.78, 5) is 48.6. The van der Waals surface area contributed by atoms with Crippen LogP contribution in [0.2, 0.25) is 0 Å². The van der Waals surface area contributed by atoms with Crippen LogP contribution in [0.25, 0.3) is 6.08 Å². The molecule has 0 amide bonds. The zero-order chi connectivity index (χ0) is 59.8. The van der Waals surface area contributed by atoms with Crippen molar-refractivity contribution in [1.82, 2.24) is 0 Å². The molecule has 0 saturated carbocycles. The van der Waals surface area contributed by atoms with Gasteiger partial charge in [-0.15, -0.1) is 37.0 Å². The van der Waals surface area contributed by atoms with Crippen molar-refractivity contribution >= 4 is 66.9 Å². The number of hydrogen-bond donors (Lipinski definition) is 0. The van der Waals surface area contributed by atoms with Crippen molar-refractivity contribution in [3.8, 4) is 17.2 Å². The molecule has 8 nitrogen and oxygen atoms in total. The second kappa shape index (κ2) is 37.7. The first kappa shape index (κ1) is 68.1. The molecule has 0 aliphatic carbocycles. The maximum Gasteiger partial charge on any atom is 0.343 e. The average molecular weight is 1180 g/mol. The van der Waals surface area contributed by atoms with Crippen molar-refractivity contribution in [3.63, 3.8) is 0 Å². The largest absolute Gasteiger partial charge is 0.462 e. The van der Waals surface area contributed by atoms with Crippen LogP contribution >= 0.6 is 37.0 Å². The predicted octanol–water partition coefficient (Wildman–Crippen LogP) is 17.7. The molecule has 0 bridgehead atoms. The highest BCUT2D eigenvalue weighted by Gasteiger charge is 2.15. The van der Waals surface area contributed by atoms with E-state index >= 15 is 0 Å². The van der Waals surface area contributed by atoms with E-state index in [1.54, 1.807) is 55.5 Å². The second-order valence-corrected chi connectivity index (χ2v) is 22.1. The number of benzene rings is 7. The van der Waals surface area contributed by atoms with E-state index in [9.17, 15) is 19.2 Å². The van der Waals surface area contributed by atoms with Gasteiger partial charge in [-0.05, 0) is 209 Å². The minimum atomic E-state index is -0.450. The SMILES string of the molecule is CC(C)=CCCC(C)CCOC(=O)c1ccc(CP)cc1.CCC(C)Cc1ccc(OC(=O)c2ccc(OC(=O)c3ccc(CP)cc3)c(C)c2)cc1.Cc1ccc(CP)cc1.Cc1ccc(OC(=O)/C=C/c2ccc(CP)cc2)cc1. The maximum atomic E-state index is 12.6. The van der Waals surface area contributed by atoms with Gasteiger partial charge in [0.2, 0.25) is 0 Å². The molecule has 0 aliphatic heterocycles.